The van der Waals surface area contributed by atoms with Gasteiger partial charge in [0, 0.05) is 16.6 Å². The molecule has 158 valence electrons. The Morgan fingerprint density at radius 3 is 2.28 bits per heavy atom. The molecule has 0 spiro atoms. The second kappa shape index (κ2) is 10.4. The van der Waals surface area contributed by atoms with E-state index in [1.807, 2.05) is 36.0 Å². The molecule has 0 atom stereocenters. The highest BCUT2D eigenvalue weighted by Gasteiger charge is 2.21. The molecule has 3 heteroatoms. The average Bonchev–Trinajstić information content (AvgIpc) is 2.67. The van der Waals surface area contributed by atoms with Crippen molar-refractivity contribution in [3.05, 3.63) is 59.2 Å². The summed E-state index contributed by atoms with van der Waals surface area (Å²) in [6.45, 7) is 7.11. The van der Waals surface area contributed by atoms with Crippen LogP contribution < -0.4 is 4.74 Å². The average molecular weight is 413 g/mol. The SMILES string of the molecule is CC(C)(C)c1cc(CSC2CCCCCCC2)c(O)c(OCc2ccccc2)c1. The maximum atomic E-state index is 10.9. The molecular formula is C26H36O2S. The third-order valence-corrected chi connectivity index (χ3v) is 7.20. The van der Waals surface area contributed by atoms with Crippen molar-refractivity contribution in [2.45, 2.75) is 88.7 Å². The van der Waals surface area contributed by atoms with Crippen LogP contribution in [-0.4, -0.2) is 10.4 Å². The van der Waals surface area contributed by atoms with Gasteiger partial charge in [0.15, 0.2) is 11.5 Å². The van der Waals surface area contributed by atoms with Gasteiger partial charge in [0.25, 0.3) is 0 Å². The van der Waals surface area contributed by atoms with Crippen molar-refractivity contribution in [2.24, 2.45) is 0 Å². The first-order valence-corrected chi connectivity index (χ1v) is 12.1. The molecule has 1 saturated carbocycles. The van der Waals surface area contributed by atoms with Gasteiger partial charge in [0.2, 0.25) is 0 Å². The fraction of sp³-hybridized carbons (Fsp3) is 0.538. The van der Waals surface area contributed by atoms with E-state index < -0.39 is 0 Å². The van der Waals surface area contributed by atoms with Gasteiger partial charge < -0.3 is 9.84 Å². The maximum absolute atomic E-state index is 10.9. The van der Waals surface area contributed by atoms with Gasteiger partial charge in [-0.15, -0.1) is 0 Å². The Morgan fingerprint density at radius 1 is 0.966 bits per heavy atom. The summed E-state index contributed by atoms with van der Waals surface area (Å²) in [6, 6.07) is 14.3. The van der Waals surface area contributed by atoms with E-state index in [-0.39, 0.29) is 5.41 Å². The summed E-state index contributed by atoms with van der Waals surface area (Å²) in [6.07, 6.45) is 9.45. The summed E-state index contributed by atoms with van der Waals surface area (Å²) in [5, 5.41) is 11.7. The molecule has 1 aliphatic carbocycles. The van der Waals surface area contributed by atoms with E-state index in [0.717, 1.165) is 16.9 Å². The summed E-state index contributed by atoms with van der Waals surface area (Å²) >= 11 is 2.01. The summed E-state index contributed by atoms with van der Waals surface area (Å²) in [4.78, 5) is 0. The van der Waals surface area contributed by atoms with Crippen LogP contribution in [0, 0.1) is 0 Å². The Bertz CT molecular complexity index is 756. The third kappa shape index (κ3) is 6.70. The molecule has 0 aromatic heterocycles. The molecule has 0 heterocycles. The lowest BCUT2D eigenvalue weighted by atomic mass is 9.86. The molecule has 3 rings (SSSR count). The minimum absolute atomic E-state index is 0.0121. The first-order valence-electron chi connectivity index (χ1n) is 11.1. The molecular weight excluding hydrogens is 376 g/mol. The lowest BCUT2D eigenvalue weighted by Gasteiger charge is -2.24. The van der Waals surface area contributed by atoms with Gasteiger partial charge in [-0.25, -0.2) is 0 Å². The third-order valence-electron chi connectivity index (χ3n) is 5.78. The monoisotopic (exact) mass is 412 g/mol. The Balaban J connectivity index is 1.75. The van der Waals surface area contributed by atoms with E-state index >= 15 is 0 Å². The van der Waals surface area contributed by atoms with Crippen LogP contribution in [0.5, 0.6) is 11.5 Å². The maximum Gasteiger partial charge on any atom is 0.162 e. The first-order chi connectivity index (χ1) is 13.9. The fourth-order valence-corrected chi connectivity index (χ4v) is 5.15. The zero-order valence-electron chi connectivity index (χ0n) is 18.2. The summed E-state index contributed by atoms with van der Waals surface area (Å²) in [7, 11) is 0. The molecule has 0 radical (unpaired) electrons. The van der Waals surface area contributed by atoms with Crippen molar-refractivity contribution in [1.29, 1.82) is 0 Å². The molecule has 2 nitrogen and oxygen atoms in total. The number of hydrogen-bond donors (Lipinski definition) is 1. The van der Waals surface area contributed by atoms with E-state index in [0.29, 0.717) is 23.4 Å². The van der Waals surface area contributed by atoms with Gasteiger partial charge >= 0.3 is 0 Å². The number of phenols is 1. The number of rotatable bonds is 6. The number of phenolic OH excluding ortho intramolecular Hbond substituents is 1. The van der Waals surface area contributed by atoms with Crippen LogP contribution >= 0.6 is 11.8 Å². The van der Waals surface area contributed by atoms with Crippen LogP contribution in [0.25, 0.3) is 0 Å². The normalized spacial score (nSPS) is 16.2. The van der Waals surface area contributed by atoms with Crippen LogP contribution in [-0.2, 0) is 17.8 Å². The highest BCUT2D eigenvalue weighted by molar-refractivity contribution is 7.99. The van der Waals surface area contributed by atoms with Crippen LogP contribution in [0.2, 0.25) is 0 Å². The van der Waals surface area contributed by atoms with Crippen molar-refractivity contribution < 1.29 is 9.84 Å². The Hall–Kier alpha value is -1.61. The van der Waals surface area contributed by atoms with Crippen molar-refractivity contribution >= 4 is 11.8 Å². The van der Waals surface area contributed by atoms with Crippen molar-refractivity contribution in [3.8, 4) is 11.5 Å². The van der Waals surface area contributed by atoms with Crippen LogP contribution in [0.1, 0.15) is 82.4 Å². The molecule has 29 heavy (non-hydrogen) atoms. The standard InChI is InChI=1S/C26H36O2S/c1-26(2,3)22-16-21(19-29-23-14-10-5-4-6-11-15-23)25(27)24(17-22)28-18-20-12-8-7-9-13-20/h7-9,12-13,16-17,23,27H,4-6,10-11,14-15,18-19H2,1-3H3. The van der Waals surface area contributed by atoms with Crippen LogP contribution in [0.15, 0.2) is 42.5 Å². The first kappa shape index (κ1) is 22.1. The van der Waals surface area contributed by atoms with E-state index in [4.69, 9.17) is 4.74 Å². The molecule has 1 aliphatic rings. The largest absolute Gasteiger partial charge is 0.504 e. The van der Waals surface area contributed by atoms with Gasteiger partial charge in [-0.2, -0.15) is 11.8 Å². The summed E-state index contributed by atoms with van der Waals surface area (Å²) in [5.74, 6) is 1.77. The van der Waals surface area contributed by atoms with E-state index in [1.165, 1.54) is 50.5 Å². The van der Waals surface area contributed by atoms with Gasteiger partial charge in [-0.1, -0.05) is 89.3 Å². The van der Waals surface area contributed by atoms with E-state index in [2.05, 4.69) is 39.0 Å². The number of benzene rings is 2. The predicted molar refractivity (Wildman–Crippen MR) is 125 cm³/mol. The predicted octanol–water partition coefficient (Wildman–Crippen LogP) is 7.61. The Morgan fingerprint density at radius 2 is 1.62 bits per heavy atom. The number of thioether (sulfide) groups is 1. The molecule has 0 unspecified atom stereocenters. The lowest BCUT2D eigenvalue weighted by molar-refractivity contribution is 0.287. The molecule has 0 amide bonds. The van der Waals surface area contributed by atoms with Crippen LogP contribution in [0.4, 0.5) is 0 Å². The highest BCUT2D eigenvalue weighted by Crippen LogP contribution is 2.39. The van der Waals surface area contributed by atoms with Gasteiger partial charge in [-0.3, -0.25) is 0 Å². The molecule has 1 N–H and O–H groups in total. The number of aromatic hydroxyl groups is 1. The van der Waals surface area contributed by atoms with Gasteiger partial charge in [0.05, 0.1) is 0 Å². The quantitative estimate of drug-likeness (QED) is 0.529. The number of hydrogen-bond acceptors (Lipinski definition) is 3. The molecule has 0 aliphatic heterocycles. The van der Waals surface area contributed by atoms with Crippen molar-refractivity contribution in [1.82, 2.24) is 0 Å². The number of ether oxygens (including phenoxy) is 1. The molecule has 0 saturated heterocycles. The zero-order chi connectivity index (χ0) is 20.7. The molecule has 1 fully saturated rings. The highest BCUT2D eigenvalue weighted by atomic mass is 32.2. The lowest BCUT2D eigenvalue weighted by Crippen LogP contribution is -2.12. The summed E-state index contributed by atoms with van der Waals surface area (Å²) in [5.41, 5.74) is 3.34. The second-order valence-corrected chi connectivity index (χ2v) is 10.6. The zero-order valence-corrected chi connectivity index (χ0v) is 19.1. The smallest absolute Gasteiger partial charge is 0.162 e. The van der Waals surface area contributed by atoms with Crippen molar-refractivity contribution in [3.63, 3.8) is 0 Å². The molecule has 2 aromatic rings. The topological polar surface area (TPSA) is 29.5 Å². The van der Waals surface area contributed by atoms with Gasteiger partial charge in [0.1, 0.15) is 6.61 Å². The van der Waals surface area contributed by atoms with Crippen molar-refractivity contribution in [2.75, 3.05) is 0 Å². The minimum atomic E-state index is 0.0121. The van der Waals surface area contributed by atoms with Gasteiger partial charge in [-0.05, 0) is 35.4 Å². The molecule has 0 bridgehead atoms. The summed E-state index contributed by atoms with van der Waals surface area (Å²) < 4.78 is 6.07. The Kier molecular flexibility index (Phi) is 7.94. The Labute approximate surface area is 181 Å². The van der Waals surface area contributed by atoms with E-state index in [1.54, 1.807) is 0 Å². The van der Waals surface area contributed by atoms with Crippen LogP contribution in [0.3, 0.4) is 0 Å². The second-order valence-electron chi connectivity index (χ2n) is 9.28. The fourth-order valence-electron chi connectivity index (χ4n) is 3.85. The van der Waals surface area contributed by atoms with E-state index in [9.17, 15) is 5.11 Å². The minimum Gasteiger partial charge on any atom is -0.504 e. The molecule has 2 aromatic carbocycles.